The van der Waals surface area contributed by atoms with Crippen LogP contribution in [-0.4, -0.2) is 19.9 Å². The Kier molecular flexibility index (Phi) is 4.89. The van der Waals surface area contributed by atoms with E-state index in [0.717, 1.165) is 33.9 Å². The molecule has 30 heavy (non-hydrogen) atoms. The molecule has 4 heteroatoms. The Morgan fingerprint density at radius 3 is 1.93 bits per heavy atom. The van der Waals surface area contributed by atoms with Gasteiger partial charge >= 0.3 is 0 Å². The van der Waals surface area contributed by atoms with E-state index in [9.17, 15) is 0 Å². The lowest BCUT2D eigenvalue weighted by molar-refractivity contribution is 0.497. The highest BCUT2D eigenvalue weighted by Gasteiger charge is 2.25. The molecule has 0 aliphatic carbocycles. The Hall–Kier alpha value is -3.14. The summed E-state index contributed by atoms with van der Waals surface area (Å²) in [6, 6.07) is 18.7. The molecule has 4 rings (SSSR count). The largest absolute Gasteiger partial charge is 0.256 e. The normalized spacial score (nSPS) is 12.3. The second kappa shape index (κ2) is 7.28. The number of rotatable bonds is 2. The molecule has 0 amide bonds. The van der Waals surface area contributed by atoms with Gasteiger partial charge in [-0.2, -0.15) is 0 Å². The lowest BCUT2D eigenvalue weighted by atomic mass is 9.93. The van der Waals surface area contributed by atoms with Crippen molar-refractivity contribution < 1.29 is 0 Å². The van der Waals surface area contributed by atoms with Crippen molar-refractivity contribution in [3.63, 3.8) is 0 Å². The molecule has 0 radical (unpaired) electrons. The maximum atomic E-state index is 4.84. The van der Waals surface area contributed by atoms with Gasteiger partial charge in [0.05, 0.1) is 5.69 Å². The highest BCUT2D eigenvalue weighted by atomic mass is 15.1. The smallest absolute Gasteiger partial charge is 0.163 e. The minimum Gasteiger partial charge on any atom is -0.256 e. The van der Waals surface area contributed by atoms with Crippen molar-refractivity contribution in [2.24, 2.45) is 0 Å². The summed E-state index contributed by atoms with van der Waals surface area (Å²) in [6.45, 7) is 12.8. The van der Waals surface area contributed by atoms with Crippen LogP contribution in [0.1, 0.15) is 53.2 Å². The monoisotopic (exact) mass is 396 g/mol. The van der Waals surface area contributed by atoms with Crippen molar-refractivity contribution in [3.8, 4) is 22.6 Å². The van der Waals surface area contributed by atoms with E-state index in [4.69, 9.17) is 15.0 Å². The topological polar surface area (TPSA) is 51.6 Å². The minimum absolute atomic E-state index is 0.160. The number of fused-ring (bicyclic) bond motifs is 1. The molecule has 4 aromatic rings. The van der Waals surface area contributed by atoms with Crippen LogP contribution in [0.25, 0.3) is 33.4 Å². The van der Waals surface area contributed by atoms with Gasteiger partial charge in [-0.05, 0) is 17.5 Å². The Morgan fingerprint density at radius 1 is 0.633 bits per heavy atom. The minimum atomic E-state index is -0.160. The van der Waals surface area contributed by atoms with Crippen molar-refractivity contribution in [3.05, 3.63) is 72.4 Å². The van der Waals surface area contributed by atoms with E-state index in [0.29, 0.717) is 5.82 Å². The van der Waals surface area contributed by atoms with Crippen molar-refractivity contribution in [1.29, 1.82) is 0 Å². The summed E-state index contributed by atoms with van der Waals surface area (Å²) < 4.78 is 0. The zero-order valence-corrected chi connectivity index (χ0v) is 18.6. The fourth-order valence-corrected chi connectivity index (χ4v) is 3.33. The average molecular weight is 397 g/mol. The van der Waals surface area contributed by atoms with Gasteiger partial charge in [0.15, 0.2) is 5.82 Å². The standard InChI is InChI=1S/C26H28N4/c1-25(2,3)23-28-22(29-24(30-23)26(4,5)6)19-12-9-11-18(16-19)21-20-13-8-7-10-17(20)14-15-27-21/h7-16H,1-6H3. The first-order valence-electron chi connectivity index (χ1n) is 10.3. The highest BCUT2D eigenvalue weighted by Crippen LogP contribution is 2.31. The SMILES string of the molecule is CC(C)(C)c1nc(-c2cccc(-c3nccc4ccccc34)c2)nc(C(C)(C)C)n1. The Labute approximate surface area is 178 Å². The third-order valence-corrected chi connectivity index (χ3v) is 5.04. The van der Waals surface area contributed by atoms with Gasteiger partial charge in [-0.1, -0.05) is 84.0 Å². The van der Waals surface area contributed by atoms with Gasteiger partial charge in [0.1, 0.15) is 11.6 Å². The van der Waals surface area contributed by atoms with Crippen molar-refractivity contribution in [1.82, 2.24) is 19.9 Å². The number of hydrogen-bond acceptors (Lipinski definition) is 4. The summed E-state index contributed by atoms with van der Waals surface area (Å²) in [6.07, 6.45) is 1.86. The molecule has 0 aliphatic heterocycles. The van der Waals surface area contributed by atoms with Crippen LogP contribution in [0.15, 0.2) is 60.8 Å². The van der Waals surface area contributed by atoms with Crippen LogP contribution < -0.4 is 0 Å². The maximum Gasteiger partial charge on any atom is 0.163 e. The third kappa shape index (κ3) is 3.95. The molecule has 0 N–H and O–H groups in total. The van der Waals surface area contributed by atoms with Crippen LogP contribution in [0.5, 0.6) is 0 Å². The van der Waals surface area contributed by atoms with Gasteiger partial charge in [-0.25, -0.2) is 15.0 Å². The maximum absolute atomic E-state index is 4.84. The Morgan fingerprint density at radius 2 is 1.27 bits per heavy atom. The molecule has 0 saturated heterocycles. The fourth-order valence-electron chi connectivity index (χ4n) is 3.33. The predicted octanol–water partition coefficient (Wildman–Crippen LogP) is 6.35. The van der Waals surface area contributed by atoms with Crippen LogP contribution in [0.4, 0.5) is 0 Å². The van der Waals surface area contributed by atoms with Crippen molar-refractivity contribution in [2.75, 3.05) is 0 Å². The number of hydrogen-bond donors (Lipinski definition) is 0. The molecule has 2 aromatic heterocycles. The first-order chi connectivity index (χ1) is 14.1. The van der Waals surface area contributed by atoms with Gasteiger partial charge in [0.2, 0.25) is 0 Å². The number of pyridine rings is 1. The van der Waals surface area contributed by atoms with Gasteiger partial charge in [-0.15, -0.1) is 0 Å². The molecule has 0 unspecified atom stereocenters. The second-order valence-electron chi connectivity index (χ2n) is 9.77. The summed E-state index contributed by atoms with van der Waals surface area (Å²) >= 11 is 0. The molecule has 0 atom stereocenters. The Balaban J connectivity index is 1.89. The number of aromatic nitrogens is 4. The van der Waals surface area contributed by atoms with Crippen molar-refractivity contribution >= 4 is 10.8 Å². The lowest BCUT2D eigenvalue weighted by Gasteiger charge is -2.22. The average Bonchev–Trinajstić information content (AvgIpc) is 2.72. The molecule has 2 aromatic carbocycles. The van der Waals surface area contributed by atoms with E-state index in [1.807, 2.05) is 18.3 Å². The summed E-state index contributed by atoms with van der Waals surface area (Å²) in [5.74, 6) is 2.33. The van der Waals surface area contributed by atoms with E-state index in [2.05, 4.69) is 89.0 Å². The fraction of sp³-hybridized carbons (Fsp3) is 0.308. The molecule has 0 aliphatic rings. The molecular formula is C26H28N4. The first-order valence-corrected chi connectivity index (χ1v) is 10.3. The zero-order chi connectivity index (χ0) is 21.5. The number of benzene rings is 2. The van der Waals surface area contributed by atoms with Crippen LogP contribution in [0, 0.1) is 0 Å². The van der Waals surface area contributed by atoms with Gasteiger partial charge in [-0.3, -0.25) is 4.98 Å². The summed E-state index contributed by atoms with van der Waals surface area (Å²) in [5, 5.41) is 2.32. The molecule has 0 fully saturated rings. The molecule has 4 nitrogen and oxygen atoms in total. The van der Waals surface area contributed by atoms with Crippen LogP contribution in [0.3, 0.4) is 0 Å². The van der Waals surface area contributed by atoms with E-state index >= 15 is 0 Å². The zero-order valence-electron chi connectivity index (χ0n) is 18.6. The molecule has 0 bridgehead atoms. The molecule has 152 valence electrons. The molecule has 2 heterocycles. The number of nitrogens with zero attached hydrogens (tertiary/aromatic N) is 4. The van der Waals surface area contributed by atoms with Gasteiger partial charge in [0, 0.05) is 33.5 Å². The van der Waals surface area contributed by atoms with E-state index in [1.165, 1.54) is 5.39 Å². The van der Waals surface area contributed by atoms with Gasteiger partial charge < -0.3 is 0 Å². The predicted molar refractivity (Wildman–Crippen MR) is 123 cm³/mol. The highest BCUT2D eigenvalue weighted by molar-refractivity contribution is 5.94. The summed E-state index contributed by atoms with van der Waals surface area (Å²) in [7, 11) is 0. The first kappa shape index (κ1) is 20.1. The molecule has 0 saturated carbocycles. The van der Waals surface area contributed by atoms with Crippen LogP contribution in [0.2, 0.25) is 0 Å². The lowest BCUT2D eigenvalue weighted by Crippen LogP contribution is -2.24. The van der Waals surface area contributed by atoms with Crippen molar-refractivity contribution in [2.45, 2.75) is 52.4 Å². The Bertz CT molecular complexity index is 1180. The quantitative estimate of drug-likeness (QED) is 0.396. The second-order valence-corrected chi connectivity index (χ2v) is 9.77. The van der Waals surface area contributed by atoms with Crippen LogP contribution in [-0.2, 0) is 10.8 Å². The molecular weight excluding hydrogens is 368 g/mol. The van der Waals surface area contributed by atoms with E-state index < -0.39 is 0 Å². The molecule has 0 spiro atoms. The third-order valence-electron chi connectivity index (χ3n) is 5.04. The van der Waals surface area contributed by atoms with E-state index in [-0.39, 0.29) is 10.8 Å². The summed E-state index contributed by atoms with van der Waals surface area (Å²) in [4.78, 5) is 19.1. The van der Waals surface area contributed by atoms with Gasteiger partial charge in [0.25, 0.3) is 0 Å². The summed E-state index contributed by atoms with van der Waals surface area (Å²) in [5.41, 5.74) is 2.68. The van der Waals surface area contributed by atoms with Crippen LogP contribution >= 0.6 is 0 Å². The van der Waals surface area contributed by atoms with E-state index in [1.54, 1.807) is 0 Å².